The van der Waals surface area contributed by atoms with Crippen LogP contribution in [0.25, 0.3) is 0 Å². The molecule has 0 fully saturated rings. The van der Waals surface area contributed by atoms with E-state index < -0.39 is 25.9 Å². The van der Waals surface area contributed by atoms with Gasteiger partial charge in [-0.2, -0.15) is 8.42 Å². The van der Waals surface area contributed by atoms with Gasteiger partial charge in [-0.15, -0.1) is 0 Å². The van der Waals surface area contributed by atoms with E-state index in [2.05, 4.69) is 4.74 Å². The first-order valence-electron chi connectivity index (χ1n) is 4.80. The van der Waals surface area contributed by atoms with Crippen LogP contribution in [0, 0.1) is 24.0 Å². The summed E-state index contributed by atoms with van der Waals surface area (Å²) in [5, 5.41) is 10.8. The van der Waals surface area contributed by atoms with E-state index in [4.69, 9.17) is 10.7 Å². The number of rotatable bonds is 3. The predicted molar refractivity (Wildman–Crippen MR) is 66.5 cm³/mol. The number of ether oxygens (including phenoxy) is 1. The van der Waals surface area contributed by atoms with Gasteiger partial charge in [0.05, 0.1) is 4.92 Å². The summed E-state index contributed by atoms with van der Waals surface area (Å²) in [6.07, 6.45) is -1.43. The SMILES string of the molecule is Cc1cc(C)c(OC(=O)NS(=O)(=O)Cl)c([N+](=O)[O-])c1. The molecule has 104 valence electrons. The van der Waals surface area contributed by atoms with Crippen LogP contribution in [0.2, 0.25) is 0 Å². The lowest BCUT2D eigenvalue weighted by Gasteiger charge is -2.08. The van der Waals surface area contributed by atoms with Crippen molar-refractivity contribution in [2.24, 2.45) is 0 Å². The molecule has 1 aromatic rings. The normalized spacial score (nSPS) is 10.9. The second-order valence-corrected chi connectivity index (χ2v) is 5.92. The molecule has 0 aliphatic carbocycles. The highest BCUT2D eigenvalue weighted by Crippen LogP contribution is 2.32. The Bertz CT molecular complexity index is 642. The number of amides is 1. The summed E-state index contributed by atoms with van der Waals surface area (Å²) >= 11 is 0. The van der Waals surface area contributed by atoms with Gasteiger partial charge in [0.2, 0.25) is 5.75 Å². The zero-order valence-electron chi connectivity index (χ0n) is 9.84. The van der Waals surface area contributed by atoms with Crippen molar-refractivity contribution < 1.29 is 22.9 Å². The first-order valence-corrected chi connectivity index (χ1v) is 7.11. The number of carbonyl (C=O) groups excluding carboxylic acids is 1. The highest BCUT2D eigenvalue weighted by Gasteiger charge is 2.22. The van der Waals surface area contributed by atoms with Gasteiger partial charge in [-0.3, -0.25) is 10.1 Å². The number of nitrogens with one attached hydrogen (secondary N) is 1. The molecular weight excluding hydrogens is 300 g/mol. The van der Waals surface area contributed by atoms with Crippen molar-refractivity contribution in [3.05, 3.63) is 33.4 Å². The second kappa shape index (κ2) is 5.41. The third-order valence-electron chi connectivity index (χ3n) is 2.00. The minimum Gasteiger partial charge on any atom is -0.402 e. The fourth-order valence-electron chi connectivity index (χ4n) is 1.41. The Morgan fingerprint density at radius 3 is 2.47 bits per heavy atom. The van der Waals surface area contributed by atoms with Crippen molar-refractivity contribution >= 4 is 31.7 Å². The van der Waals surface area contributed by atoms with E-state index >= 15 is 0 Å². The van der Waals surface area contributed by atoms with Crippen molar-refractivity contribution in [2.75, 3.05) is 0 Å². The molecular formula is C9H9ClN2O6S. The van der Waals surface area contributed by atoms with Crippen molar-refractivity contribution in [3.8, 4) is 5.75 Å². The maximum Gasteiger partial charge on any atom is 0.427 e. The van der Waals surface area contributed by atoms with Crippen LogP contribution >= 0.6 is 10.7 Å². The predicted octanol–water partition coefficient (Wildman–Crippen LogP) is 1.78. The molecule has 1 rings (SSSR count). The summed E-state index contributed by atoms with van der Waals surface area (Å²) in [6.45, 7) is 3.12. The lowest BCUT2D eigenvalue weighted by molar-refractivity contribution is -0.385. The van der Waals surface area contributed by atoms with E-state index in [9.17, 15) is 23.3 Å². The van der Waals surface area contributed by atoms with Crippen LogP contribution in [-0.4, -0.2) is 19.4 Å². The molecule has 1 amide bonds. The average molecular weight is 309 g/mol. The lowest BCUT2D eigenvalue weighted by atomic mass is 10.1. The minimum atomic E-state index is -4.32. The number of carbonyl (C=O) groups is 1. The van der Waals surface area contributed by atoms with Gasteiger partial charge in [-0.25, -0.2) is 9.52 Å². The molecule has 0 saturated heterocycles. The Morgan fingerprint density at radius 1 is 1.42 bits per heavy atom. The highest BCUT2D eigenvalue weighted by atomic mass is 35.7. The Hall–Kier alpha value is -1.87. The van der Waals surface area contributed by atoms with Gasteiger partial charge in [0.1, 0.15) is 0 Å². The molecule has 0 aromatic heterocycles. The first kappa shape index (κ1) is 15.2. The standard InChI is InChI=1S/C9H9ClN2O6S/c1-5-3-6(2)8(7(4-5)12(14)15)18-9(13)11-19(10,16)17/h3-4H,1-2H3,(H,11,13). The van der Waals surface area contributed by atoms with Crippen LogP contribution in [0.15, 0.2) is 12.1 Å². The molecule has 10 heteroatoms. The van der Waals surface area contributed by atoms with Crippen LogP contribution in [0.3, 0.4) is 0 Å². The topological polar surface area (TPSA) is 116 Å². The molecule has 0 bridgehead atoms. The summed E-state index contributed by atoms with van der Waals surface area (Å²) in [7, 11) is 0.468. The summed E-state index contributed by atoms with van der Waals surface area (Å²) in [6, 6.07) is 2.75. The molecule has 0 aliphatic heterocycles. The van der Waals surface area contributed by atoms with Crippen LogP contribution < -0.4 is 9.46 Å². The van der Waals surface area contributed by atoms with Crippen LogP contribution in [0.5, 0.6) is 5.75 Å². The maximum absolute atomic E-state index is 11.2. The molecule has 8 nitrogen and oxygen atoms in total. The number of nitrogens with zero attached hydrogens (tertiary/aromatic N) is 1. The van der Waals surface area contributed by atoms with Gasteiger partial charge in [-0.1, -0.05) is 6.07 Å². The molecule has 0 spiro atoms. The number of aryl methyl sites for hydroxylation is 2. The van der Waals surface area contributed by atoms with E-state index in [0.717, 1.165) is 0 Å². The van der Waals surface area contributed by atoms with Crippen molar-refractivity contribution in [1.82, 2.24) is 4.72 Å². The molecule has 0 aliphatic rings. The van der Waals surface area contributed by atoms with Crippen molar-refractivity contribution in [3.63, 3.8) is 0 Å². The number of hydrogen-bond acceptors (Lipinski definition) is 6. The number of nitro groups is 1. The van der Waals surface area contributed by atoms with Gasteiger partial charge in [-0.05, 0) is 25.0 Å². The summed E-state index contributed by atoms with van der Waals surface area (Å²) < 4.78 is 27.2. The largest absolute Gasteiger partial charge is 0.427 e. The Kier molecular flexibility index (Phi) is 4.32. The Labute approximate surface area is 113 Å². The van der Waals surface area contributed by atoms with E-state index in [0.29, 0.717) is 11.1 Å². The molecule has 1 aromatic carbocycles. The van der Waals surface area contributed by atoms with Gasteiger partial charge >= 0.3 is 21.0 Å². The summed E-state index contributed by atoms with van der Waals surface area (Å²) in [5.41, 5.74) is 0.468. The van der Waals surface area contributed by atoms with Crippen LogP contribution in [0.1, 0.15) is 11.1 Å². The van der Waals surface area contributed by atoms with Crippen LogP contribution in [0.4, 0.5) is 10.5 Å². The van der Waals surface area contributed by atoms with E-state index in [1.165, 1.54) is 17.7 Å². The first-order chi connectivity index (χ1) is 8.60. The van der Waals surface area contributed by atoms with E-state index in [1.54, 1.807) is 13.0 Å². The quantitative estimate of drug-likeness (QED) is 0.517. The number of nitro benzene ring substituents is 1. The average Bonchev–Trinajstić information content (AvgIpc) is 2.18. The highest BCUT2D eigenvalue weighted by molar-refractivity contribution is 8.12. The van der Waals surface area contributed by atoms with E-state index in [1.807, 2.05) is 0 Å². The Balaban J connectivity index is 3.14. The van der Waals surface area contributed by atoms with Crippen molar-refractivity contribution in [2.45, 2.75) is 13.8 Å². The third-order valence-corrected chi connectivity index (χ3v) is 2.64. The molecule has 0 saturated carbocycles. The zero-order chi connectivity index (χ0) is 14.8. The monoisotopic (exact) mass is 308 g/mol. The number of halogens is 1. The molecule has 0 heterocycles. The van der Waals surface area contributed by atoms with Gasteiger partial charge in [0.15, 0.2) is 0 Å². The number of hydrogen-bond donors (Lipinski definition) is 1. The smallest absolute Gasteiger partial charge is 0.402 e. The van der Waals surface area contributed by atoms with Gasteiger partial charge in [0, 0.05) is 16.7 Å². The third kappa shape index (κ3) is 4.38. The lowest BCUT2D eigenvalue weighted by Crippen LogP contribution is -2.30. The fraction of sp³-hybridized carbons (Fsp3) is 0.222. The van der Waals surface area contributed by atoms with Crippen molar-refractivity contribution in [1.29, 1.82) is 0 Å². The molecule has 19 heavy (non-hydrogen) atoms. The Morgan fingerprint density at radius 2 is 2.00 bits per heavy atom. The second-order valence-electron chi connectivity index (χ2n) is 3.62. The zero-order valence-corrected chi connectivity index (χ0v) is 11.4. The summed E-state index contributed by atoms with van der Waals surface area (Å²) in [4.78, 5) is 21.3. The molecule has 1 N–H and O–H groups in total. The van der Waals surface area contributed by atoms with Crippen LogP contribution in [-0.2, 0) is 9.24 Å². The molecule has 0 unspecified atom stereocenters. The number of benzene rings is 1. The minimum absolute atomic E-state index is 0.314. The molecule has 0 atom stereocenters. The van der Waals surface area contributed by atoms with Gasteiger partial charge < -0.3 is 4.74 Å². The molecule has 0 radical (unpaired) electrons. The fourth-order valence-corrected chi connectivity index (χ4v) is 1.84. The summed E-state index contributed by atoms with van der Waals surface area (Å²) in [5.74, 6) is -0.339. The maximum atomic E-state index is 11.2. The van der Waals surface area contributed by atoms with Gasteiger partial charge in [0.25, 0.3) is 0 Å². The van der Waals surface area contributed by atoms with E-state index in [-0.39, 0.29) is 5.75 Å².